The molecule has 0 radical (unpaired) electrons. The molecule has 3 aromatic rings. The van der Waals surface area contributed by atoms with E-state index in [1.807, 2.05) is 25.6 Å². The van der Waals surface area contributed by atoms with Gasteiger partial charge in [0.1, 0.15) is 0 Å². The Bertz CT molecular complexity index is 1240. The molecule has 2 N–H and O–H groups in total. The third-order valence-electron chi connectivity index (χ3n) is 6.70. The fraction of sp³-hybridized carbons (Fsp3) is 0.522. The highest BCUT2D eigenvalue weighted by molar-refractivity contribution is 7.91. The molecule has 0 bridgehead atoms. The lowest BCUT2D eigenvalue weighted by molar-refractivity contribution is 0.313. The van der Waals surface area contributed by atoms with Crippen LogP contribution in [0.15, 0.2) is 41.3 Å². The van der Waals surface area contributed by atoms with Crippen LogP contribution in [0.25, 0.3) is 0 Å². The Kier molecular flexibility index (Phi) is 6.91. The van der Waals surface area contributed by atoms with Gasteiger partial charge in [-0.05, 0) is 38.4 Å². The number of imidazole rings is 1. The maximum Gasteiger partial charge on any atom is 0.251 e. The second-order valence-corrected chi connectivity index (χ2v) is 12.3. The van der Waals surface area contributed by atoms with Crippen LogP contribution in [0.3, 0.4) is 0 Å². The number of hydrogen-bond acceptors (Lipinski definition) is 9. The van der Waals surface area contributed by atoms with E-state index in [2.05, 4.69) is 58.5 Å². The average Bonchev–Trinajstić information content (AvgIpc) is 3.26. The normalized spacial score (nSPS) is 18.2. The Balaban J connectivity index is 1.12. The van der Waals surface area contributed by atoms with Crippen LogP contribution in [-0.2, 0) is 22.1 Å². The van der Waals surface area contributed by atoms with E-state index in [4.69, 9.17) is 0 Å². The molecule has 0 unspecified atom stereocenters. The van der Waals surface area contributed by atoms with Crippen LogP contribution < -0.4 is 14.9 Å². The molecule has 0 atom stereocenters. The minimum Gasteiger partial charge on any atom is -0.345 e. The first-order valence-corrected chi connectivity index (χ1v) is 14.2. The van der Waals surface area contributed by atoms with Gasteiger partial charge in [-0.2, -0.15) is 0 Å². The van der Waals surface area contributed by atoms with E-state index in [1.165, 1.54) is 17.5 Å². The number of thiazole rings is 1. The van der Waals surface area contributed by atoms with Crippen LogP contribution >= 0.6 is 11.3 Å². The third-order valence-corrected chi connectivity index (χ3v) is 9.68. The molecule has 12 heteroatoms. The van der Waals surface area contributed by atoms with Crippen molar-refractivity contribution in [2.45, 2.75) is 36.1 Å². The van der Waals surface area contributed by atoms with E-state index in [0.717, 1.165) is 61.1 Å². The lowest BCUT2D eigenvalue weighted by Gasteiger charge is -2.31. The number of nitrogens with zero attached hydrogens (tertiary/aromatic N) is 6. The minimum absolute atomic E-state index is 0.115. The van der Waals surface area contributed by atoms with E-state index in [-0.39, 0.29) is 9.75 Å². The van der Waals surface area contributed by atoms with E-state index >= 15 is 0 Å². The number of likely N-dealkylation sites (N-methyl/N-ethyl adjacent to an activating group) is 1. The monoisotopic (exact) mass is 516 g/mol. The van der Waals surface area contributed by atoms with Gasteiger partial charge in [0, 0.05) is 58.2 Å². The third kappa shape index (κ3) is 5.26. The molecular formula is C23H32N8O2S2. The van der Waals surface area contributed by atoms with E-state index in [0.29, 0.717) is 19.6 Å². The van der Waals surface area contributed by atoms with Crippen molar-refractivity contribution in [2.24, 2.45) is 0 Å². The summed E-state index contributed by atoms with van der Waals surface area (Å²) in [7, 11) is -1.49. The smallest absolute Gasteiger partial charge is 0.251 e. The molecule has 1 aliphatic carbocycles. The van der Waals surface area contributed by atoms with Crippen LogP contribution in [0, 0.1) is 6.92 Å². The van der Waals surface area contributed by atoms with Crippen molar-refractivity contribution in [1.29, 1.82) is 0 Å². The number of rotatable bonds is 10. The SMILES string of the molecule is Cc1ccc(C2(n3cncc3CNCCNS(=O)(=O)c3cnc(N4CCN(C)CC4)s3)CC2)nc1. The summed E-state index contributed by atoms with van der Waals surface area (Å²) >= 11 is 1.23. The molecule has 35 heavy (non-hydrogen) atoms. The molecule has 188 valence electrons. The second kappa shape index (κ2) is 9.94. The summed E-state index contributed by atoms with van der Waals surface area (Å²) in [6.07, 6.45) is 9.18. The lowest BCUT2D eigenvalue weighted by atomic mass is 10.1. The number of pyridine rings is 1. The predicted octanol–water partition coefficient (Wildman–Crippen LogP) is 1.40. The number of piperazine rings is 1. The molecule has 5 rings (SSSR count). The fourth-order valence-corrected chi connectivity index (χ4v) is 6.65. The molecule has 0 amide bonds. The van der Waals surface area contributed by atoms with Gasteiger partial charge < -0.3 is 19.7 Å². The summed E-state index contributed by atoms with van der Waals surface area (Å²) < 4.78 is 30.6. The van der Waals surface area contributed by atoms with Crippen molar-refractivity contribution in [2.75, 3.05) is 51.2 Å². The van der Waals surface area contributed by atoms with Gasteiger partial charge in [-0.3, -0.25) is 4.98 Å². The first-order chi connectivity index (χ1) is 16.9. The second-order valence-electron chi connectivity index (χ2n) is 9.33. The molecule has 2 fully saturated rings. The molecule has 10 nitrogen and oxygen atoms in total. The van der Waals surface area contributed by atoms with Crippen LogP contribution in [0.2, 0.25) is 0 Å². The number of sulfonamides is 1. The van der Waals surface area contributed by atoms with Crippen LogP contribution in [0.5, 0.6) is 0 Å². The predicted molar refractivity (Wildman–Crippen MR) is 136 cm³/mol. The Labute approximate surface area is 210 Å². The number of aryl methyl sites for hydroxylation is 1. The van der Waals surface area contributed by atoms with Gasteiger partial charge in [-0.15, -0.1) is 0 Å². The lowest BCUT2D eigenvalue weighted by Crippen LogP contribution is -2.44. The Morgan fingerprint density at radius 3 is 2.57 bits per heavy atom. The molecule has 3 aromatic heterocycles. The van der Waals surface area contributed by atoms with E-state index in [1.54, 1.807) is 0 Å². The van der Waals surface area contributed by atoms with Crippen LogP contribution in [0.1, 0.15) is 29.8 Å². The standard InChI is InChI=1S/C23H32N8O2S2/c1-18-3-4-20(26-13-18)23(5-6-23)31-17-25-15-19(31)14-24-7-8-28-35(32,33)21-16-27-22(34-21)30-11-9-29(2)10-12-30/h3-4,13,15-17,24,28H,5-12,14H2,1-2H3. The highest BCUT2D eigenvalue weighted by Crippen LogP contribution is 2.49. The van der Waals surface area contributed by atoms with Crippen molar-refractivity contribution >= 4 is 26.5 Å². The zero-order chi connectivity index (χ0) is 24.5. The topological polar surface area (TPSA) is 108 Å². The number of anilines is 1. The molecule has 1 saturated heterocycles. The Morgan fingerprint density at radius 2 is 1.86 bits per heavy atom. The molecule has 2 aliphatic rings. The van der Waals surface area contributed by atoms with Gasteiger partial charge in [-0.1, -0.05) is 17.4 Å². The summed E-state index contributed by atoms with van der Waals surface area (Å²) in [5.74, 6) is 0. The zero-order valence-corrected chi connectivity index (χ0v) is 21.8. The van der Waals surface area contributed by atoms with Crippen LogP contribution in [-0.4, -0.2) is 79.2 Å². The van der Waals surface area contributed by atoms with Gasteiger partial charge >= 0.3 is 0 Å². The van der Waals surface area contributed by atoms with E-state index in [9.17, 15) is 8.42 Å². The van der Waals surface area contributed by atoms with Gasteiger partial charge in [0.25, 0.3) is 10.0 Å². The van der Waals surface area contributed by atoms with Gasteiger partial charge in [0.15, 0.2) is 9.34 Å². The van der Waals surface area contributed by atoms with Crippen molar-refractivity contribution < 1.29 is 8.42 Å². The highest BCUT2D eigenvalue weighted by Gasteiger charge is 2.48. The van der Waals surface area contributed by atoms with Crippen LogP contribution in [0.4, 0.5) is 5.13 Å². The van der Waals surface area contributed by atoms with Crippen molar-refractivity contribution in [3.63, 3.8) is 0 Å². The number of aromatic nitrogens is 4. The van der Waals surface area contributed by atoms with E-state index < -0.39 is 10.0 Å². The fourth-order valence-electron chi connectivity index (χ4n) is 4.40. The number of hydrogen-bond donors (Lipinski definition) is 2. The average molecular weight is 517 g/mol. The quantitative estimate of drug-likeness (QED) is 0.390. The maximum atomic E-state index is 12.7. The van der Waals surface area contributed by atoms with Crippen molar-refractivity contribution in [1.82, 2.24) is 34.5 Å². The van der Waals surface area contributed by atoms with Gasteiger partial charge in [-0.25, -0.2) is 23.1 Å². The van der Waals surface area contributed by atoms with Gasteiger partial charge in [0.2, 0.25) is 0 Å². The number of nitrogens with one attached hydrogen (secondary N) is 2. The van der Waals surface area contributed by atoms with Crippen molar-refractivity contribution in [3.8, 4) is 0 Å². The summed E-state index contributed by atoms with van der Waals surface area (Å²) in [5, 5.41) is 4.11. The van der Waals surface area contributed by atoms with Gasteiger partial charge in [0.05, 0.1) is 29.5 Å². The first-order valence-electron chi connectivity index (χ1n) is 11.9. The molecular weight excluding hydrogens is 484 g/mol. The zero-order valence-electron chi connectivity index (χ0n) is 20.1. The Hall–Kier alpha value is -2.38. The van der Waals surface area contributed by atoms with Crippen molar-refractivity contribution in [3.05, 3.63) is 54.0 Å². The highest BCUT2D eigenvalue weighted by atomic mass is 32.2. The largest absolute Gasteiger partial charge is 0.345 e. The Morgan fingerprint density at radius 1 is 1.06 bits per heavy atom. The summed E-state index contributed by atoms with van der Waals surface area (Å²) in [5.41, 5.74) is 3.16. The first kappa shape index (κ1) is 24.3. The molecule has 4 heterocycles. The molecule has 0 aromatic carbocycles. The summed E-state index contributed by atoms with van der Waals surface area (Å²) in [6.45, 7) is 7.06. The summed E-state index contributed by atoms with van der Waals surface area (Å²) in [6, 6.07) is 4.20. The maximum absolute atomic E-state index is 12.7. The molecule has 1 saturated carbocycles. The minimum atomic E-state index is -3.58. The molecule has 1 aliphatic heterocycles. The molecule has 0 spiro atoms. The summed E-state index contributed by atoms with van der Waals surface area (Å²) in [4.78, 5) is 17.8.